The Morgan fingerprint density at radius 1 is 1.06 bits per heavy atom. The number of carbonyl (C=O) groups excluding carboxylic acids is 1. The van der Waals surface area contributed by atoms with Crippen molar-refractivity contribution in [3.8, 4) is 0 Å². The summed E-state index contributed by atoms with van der Waals surface area (Å²) in [5.41, 5.74) is 2.78. The highest BCUT2D eigenvalue weighted by Gasteiger charge is 2.24. The molecule has 18 heavy (non-hydrogen) atoms. The molecule has 0 bridgehead atoms. The Bertz CT molecular complexity index is 647. The second-order valence-electron chi connectivity index (χ2n) is 4.11. The molecule has 0 radical (unpaired) electrons. The smallest absolute Gasteiger partial charge is 0.256 e. The fourth-order valence-corrected chi connectivity index (χ4v) is 2.03. The van der Waals surface area contributed by atoms with E-state index in [2.05, 4.69) is 5.32 Å². The Labute approximate surface area is 104 Å². The van der Waals surface area contributed by atoms with Crippen molar-refractivity contribution in [1.29, 1.82) is 0 Å². The van der Waals surface area contributed by atoms with Gasteiger partial charge in [-0.05, 0) is 29.8 Å². The molecule has 0 atom stereocenters. The summed E-state index contributed by atoms with van der Waals surface area (Å²) in [6.45, 7) is 0. The monoisotopic (exact) mass is 239 g/mol. The Balaban J connectivity index is 2.10. The number of nitrogens with one attached hydrogen (secondary N) is 1. The molecule has 0 saturated carbocycles. The number of benzene rings is 2. The van der Waals surface area contributed by atoms with Gasteiger partial charge in [-0.15, -0.1) is 0 Å². The summed E-state index contributed by atoms with van der Waals surface area (Å²) in [5.74, 6) is -0.547. The quantitative estimate of drug-likeness (QED) is 0.760. The van der Waals surface area contributed by atoms with Gasteiger partial charge in [0.2, 0.25) is 0 Å². The van der Waals surface area contributed by atoms with Crippen molar-refractivity contribution in [2.75, 3.05) is 5.32 Å². The van der Waals surface area contributed by atoms with E-state index in [-0.39, 0.29) is 11.7 Å². The van der Waals surface area contributed by atoms with Crippen molar-refractivity contribution in [3.05, 3.63) is 65.5 Å². The molecule has 2 aromatic carbocycles. The molecule has 0 unspecified atom stereocenters. The van der Waals surface area contributed by atoms with Gasteiger partial charge in [-0.3, -0.25) is 4.79 Å². The average molecular weight is 239 g/mol. The molecule has 0 aliphatic carbocycles. The van der Waals surface area contributed by atoms with E-state index in [4.69, 9.17) is 0 Å². The highest BCUT2D eigenvalue weighted by atomic mass is 19.1. The van der Waals surface area contributed by atoms with Gasteiger partial charge in [-0.25, -0.2) is 4.39 Å². The summed E-state index contributed by atoms with van der Waals surface area (Å²) in [6.07, 6.45) is 1.80. The van der Waals surface area contributed by atoms with Gasteiger partial charge >= 0.3 is 0 Å². The number of amides is 1. The molecular weight excluding hydrogens is 229 g/mol. The lowest BCUT2D eigenvalue weighted by Crippen LogP contribution is -2.03. The van der Waals surface area contributed by atoms with Crippen LogP contribution >= 0.6 is 0 Å². The molecule has 0 spiro atoms. The van der Waals surface area contributed by atoms with Crippen LogP contribution in [0.5, 0.6) is 0 Å². The second kappa shape index (κ2) is 4.11. The van der Waals surface area contributed by atoms with Crippen molar-refractivity contribution >= 4 is 23.2 Å². The molecule has 1 aliphatic rings. The molecule has 2 aromatic rings. The number of carbonyl (C=O) groups is 1. The average Bonchev–Trinajstić information content (AvgIpc) is 2.66. The van der Waals surface area contributed by atoms with Crippen LogP contribution < -0.4 is 5.32 Å². The first-order chi connectivity index (χ1) is 8.74. The molecule has 2 nitrogen and oxygen atoms in total. The van der Waals surface area contributed by atoms with Gasteiger partial charge in [0, 0.05) is 11.1 Å². The molecule has 88 valence electrons. The Hall–Kier alpha value is -2.42. The van der Waals surface area contributed by atoms with Gasteiger partial charge in [-0.2, -0.15) is 0 Å². The Kier molecular flexibility index (Phi) is 2.45. The molecule has 0 saturated heterocycles. The van der Waals surface area contributed by atoms with Crippen molar-refractivity contribution in [2.45, 2.75) is 0 Å². The highest BCUT2D eigenvalue weighted by Crippen LogP contribution is 2.33. The largest absolute Gasteiger partial charge is 0.321 e. The molecule has 1 heterocycles. The first-order valence-corrected chi connectivity index (χ1v) is 5.62. The Morgan fingerprint density at radius 2 is 1.83 bits per heavy atom. The molecular formula is C15H10FNO. The van der Waals surface area contributed by atoms with Crippen LogP contribution in [0.15, 0.2) is 48.5 Å². The van der Waals surface area contributed by atoms with Crippen molar-refractivity contribution < 1.29 is 9.18 Å². The van der Waals surface area contributed by atoms with Crippen LogP contribution in [0, 0.1) is 5.82 Å². The summed E-state index contributed by atoms with van der Waals surface area (Å²) in [4.78, 5) is 11.8. The molecule has 1 aliphatic heterocycles. The van der Waals surface area contributed by atoms with Crippen molar-refractivity contribution in [2.24, 2.45) is 0 Å². The van der Waals surface area contributed by atoms with Crippen molar-refractivity contribution in [1.82, 2.24) is 0 Å². The molecule has 3 heteroatoms. The fourth-order valence-electron chi connectivity index (χ4n) is 2.03. The number of hydrogen-bond acceptors (Lipinski definition) is 1. The predicted octanol–water partition coefficient (Wildman–Crippen LogP) is 3.32. The first kappa shape index (κ1) is 10.7. The van der Waals surface area contributed by atoms with E-state index in [1.165, 1.54) is 12.1 Å². The van der Waals surface area contributed by atoms with E-state index in [1.54, 1.807) is 12.1 Å². The first-order valence-electron chi connectivity index (χ1n) is 5.62. The molecule has 3 rings (SSSR count). The lowest BCUT2D eigenvalue weighted by atomic mass is 10.0. The maximum absolute atomic E-state index is 13.1. The summed E-state index contributed by atoms with van der Waals surface area (Å²) >= 11 is 0. The van der Waals surface area contributed by atoms with Crippen LogP contribution in [0.3, 0.4) is 0 Å². The zero-order chi connectivity index (χ0) is 12.5. The minimum absolute atomic E-state index is 0.195. The summed E-state index contributed by atoms with van der Waals surface area (Å²) in [6, 6.07) is 13.9. The van der Waals surface area contributed by atoms with Gasteiger partial charge in [0.05, 0.1) is 5.69 Å². The summed E-state index contributed by atoms with van der Waals surface area (Å²) in [7, 11) is 0. The van der Waals surface area contributed by atoms with Gasteiger partial charge in [0.1, 0.15) is 5.82 Å². The van der Waals surface area contributed by atoms with E-state index in [0.29, 0.717) is 11.3 Å². The topological polar surface area (TPSA) is 29.1 Å². The molecule has 1 N–H and O–H groups in total. The van der Waals surface area contributed by atoms with Gasteiger partial charge < -0.3 is 5.32 Å². The number of hydrogen-bond donors (Lipinski definition) is 1. The number of halogens is 1. The third-order valence-corrected chi connectivity index (χ3v) is 2.88. The predicted molar refractivity (Wildman–Crippen MR) is 69.3 cm³/mol. The van der Waals surface area contributed by atoms with Crippen LogP contribution in [0.1, 0.15) is 11.1 Å². The molecule has 0 fully saturated rings. The van der Waals surface area contributed by atoms with Gasteiger partial charge in [0.25, 0.3) is 5.91 Å². The lowest BCUT2D eigenvalue weighted by molar-refractivity contribution is -0.110. The zero-order valence-electron chi connectivity index (χ0n) is 9.48. The summed E-state index contributed by atoms with van der Waals surface area (Å²) < 4.78 is 13.1. The van der Waals surface area contributed by atoms with Crippen LogP contribution in [0.2, 0.25) is 0 Å². The number of anilines is 1. The number of rotatable bonds is 1. The van der Waals surface area contributed by atoms with Crippen LogP contribution in [-0.2, 0) is 4.79 Å². The van der Waals surface area contributed by atoms with E-state index < -0.39 is 0 Å². The Morgan fingerprint density at radius 3 is 2.61 bits per heavy atom. The standard InChI is InChI=1S/C15H10FNO/c16-11-6-7-12-13(15(18)17-14(12)9-11)8-10-4-2-1-3-5-10/h1-9H,(H,17,18). The lowest BCUT2D eigenvalue weighted by Gasteiger charge is -1.98. The van der Waals surface area contributed by atoms with Crippen LogP contribution in [0.25, 0.3) is 11.6 Å². The van der Waals surface area contributed by atoms with E-state index in [0.717, 1.165) is 11.1 Å². The minimum Gasteiger partial charge on any atom is -0.321 e. The van der Waals surface area contributed by atoms with Gasteiger partial charge in [-0.1, -0.05) is 30.3 Å². The highest BCUT2D eigenvalue weighted by molar-refractivity contribution is 6.34. The third kappa shape index (κ3) is 1.80. The maximum Gasteiger partial charge on any atom is 0.256 e. The van der Waals surface area contributed by atoms with Crippen molar-refractivity contribution in [3.63, 3.8) is 0 Å². The fraction of sp³-hybridized carbons (Fsp3) is 0. The molecule has 1 amide bonds. The van der Waals surface area contributed by atoms with E-state index >= 15 is 0 Å². The van der Waals surface area contributed by atoms with Crippen LogP contribution in [0.4, 0.5) is 10.1 Å². The second-order valence-corrected chi connectivity index (χ2v) is 4.11. The van der Waals surface area contributed by atoms with Gasteiger partial charge in [0.15, 0.2) is 0 Å². The SMILES string of the molecule is O=C1Nc2cc(F)ccc2C1=Cc1ccccc1. The normalized spacial score (nSPS) is 15.6. The van der Waals surface area contributed by atoms with Crippen LogP contribution in [-0.4, -0.2) is 5.91 Å². The summed E-state index contributed by atoms with van der Waals surface area (Å²) in [5, 5.41) is 2.66. The van der Waals surface area contributed by atoms with E-state index in [1.807, 2.05) is 30.3 Å². The third-order valence-electron chi connectivity index (χ3n) is 2.88. The minimum atomic E-state index is -0.352. The zero-order valence-corrected chi connectivity index (χ0v) is 9.48. The maximum atomic E-state index is 13.1. The van der Waals surface area contributed by atoms with E-state index in [9.17, 15) is 9.18 Å². The molecule has 0 aromatic heterocycles. The number of fused-ring (bicyclic) bond motifs is 1.